The lowest BCUT2D eigenvalue weighted by Crippen LogP contribution is -2.40. The number of esters is 1. The summed E-state index contributed by atoms with van der Waals surface area (Å²) in [5, 5.41) is 0.593. The highest BCUT2D eigenvalue weighted by molar-refractivity contribution is 6.31. The minimum atomic E-state index is -0.553. The van der Waals surface area contributed by atoms with Crippen LogP contribution in [-0.4, -0.2) is 17.8 Å². The summed E-state index contributed by atoms with van der Waals surface area (Å²) in [7, 11) is 0. The predicted octanol–water partition coefficient (Wildman–Crippen LogP) is 4.43. The van der Waals surface area contributed by atoms with Crippen molar-refractivity contribution in [3.05, 3.63) is 70.8 Å². The third kappa shape index (κ3) is 2.72. The van der Waals surface area contributed by atoms with Gasteiger partial charge in [0.15, 0.2) is 0 Å². The van der Waals surface area contributed by atoms with Crippen LogP contribution < -0.4 is 9.64 Å². The molecule has 4 aliphatic carbocycles. The average molecular weight is 434 g/mol. The molecule has 1 saturated heterocycles. The van der Waals surface area contributed by atoms with Crippen LogP contribution in [0.1, 0.15) is 22.3 Å². The zero-order chi connectivity index (χ0) is 21.4. The summed E-state index contributed by atoms with van der Waals surface area (Å²) >= 11 is 6.03. The first-order valence-electron chi connectivity index (χ1n) is 10.6. The Hall–Kier alpha value is -2.92. The second-order valence-corrected chi connectivity index (χ2v) is 9.42. The Morgan fingerprint density at radius 3 is 2.32 bits per heavy atom. The first-order valence-corrected chi connectivity index (χ1v) is 11.0. The van der Waals surface area contributed by atoms with Crippen LogP contribution in [0.5, 0.6) is 5.75 Å². The number of hydrogen-bond donors (Lipinski definition) is 0. The lowest BCUT2D eigenvalue weighted by Gasteiger charge is -2.37. The number of amides is 2. The molecule has 2 saturated carbocycles. The fourth-order valence-corrected chi connectivity index (χ4v) is 5.95. The Bertz CT molecular complexity index is 1150. The fourth-order valence-electron chi connectivity index (χ4n) is 5.83. The summed E-state index contributed by atoms with van der Waals surface area (Å²) in [4.78, 5) is 40.6. The number of rotatable bonds is 3. The SMILES string of the molecule is Cc1cc(OC(=O)c2cccc(N3C(=O)[C@@H]4[C@H]5C=C[C@@H]([C@@H]6C[C@@H]56)[C@@H]4C3=O)c2)ccc1Cl. The first-order chi connectivity index (χ1) is 14.9. The highest BCUT2D eigenvalue weighted by Gasteiger charge is 2.67. The van der Waals surface area contributed by atoms with Crippen molar-refractivity contribution in [1.29, 1.82) is 0 Å². The van der Waals surface area contributed by atoms with Gasteiger partial charge in [0.25, 0.3) is 0 Å². The summed E-state index contributed by atoms with van der Waals surface area (Å²) in [6.07, 6.45) is 5.43. The van der Waals surface area contributed by atoms with E-state index in [1.807, 2.05) is 6.92 Å². The standard InChI is InChI=1S/C25H20ClNO4/c1-12-9-15(5-8-20(12)26)31-25(30)13-3-2-4-14(10-13)27-23(28)21-16-6-7-17(19-11-18(16)19)22(21)24(27)29/h2-10,16-19,21-22H,11H2,1H3/t16-,17-,18-,19-,21-,22+/m0/s1. The van der Waals surface area contributed by atoms with Crippen molar-refractivity contribution in [2.45, 2.75) is 13.3 Å². The fraction of sp³-hybridized carbons (Fsp3) is 0.320. The number of benzene rings is 2. The van der Waals surface area contributed by atoms with Gasteiger partial charge in [-0.05, 0) is 79.0 Å². The monoisotopic (exact) mass is 433 g/mol. The molecule has 6 atom stereocenters. The topological polar surface area (TPSA) is 63.7 Å². The molecular weight excluding hydrogens is 414 g/mol. The van der Waals surface area contributed by atoms with Crippen LogP contribution in [-0.2, 0) is 9.59 Å². The van der Waals surface area contributed by atoms with E-state index in [1.165, 1.54) is 4.90 Å². The number of anilines is 1. The zero-order valence-corrected chi connectivity index (χ0v) is 17.6. The number of allylic oxidation sites excluding steroid dienone is 2. The minimum Gasteiger partial charge on any atom is -0.423 e. The van der Waals surface area contributed by atoms with Gasteiger partial charge in [0, 0.05) is 5.02 Å². The lowest BCUT2D eigenvalue weighted by atomic mass is 9.63. The van der Waals surface area contributed by atoms with Crippen molar-refractivity contribution in [3.63, 3.8) is 0 Å². The molecule has 1 heterocycles. The molecule has 0 unspecified atom stereocenters. The Morgan fingerprint density at radius 2 is 1.68 bits per heavy atom. The molecule has 2 aromatic rings. The van der Waals surface area contributed by atoms with Gasteiger partial charge in [-0.3, -0.25) is 9.59 Å². The molecule has 3 fully saturated rings. The van der Waals surface area contributed by atoms with Gasteiger partial charge in [-0.1, -0.05) is 29.8 Å². The highest BCUT2D eigenvalue weighted by atomic mass is 35.5. The van der Waals surface area contributed by atoms with Gasteiger partial charge in [0.05, 0.1) is 23.1 Å². The lowest BCUT2D eigenvalue weighted by molar-refractivity contribution is -0.124. The maximum Gasteiger partial charge on any atom is 0.343 e. The molecule has 31 heavy (non-hydrogen) atoms. The maximum atomic E-state index is 13.3. The normalized spacial score (nSPS) is 32.1. The molecular formula is C25H20ClNO4. The molecule has 0 N–H and O–H groups in total. The van der Waals surface area contributed by atoms with Crippen molar-refractivity contribution in [3.8, 4) is 5.75 Å². The zero-order valence-electron chi connectivity index (χ0n) is 16.8. The van der Waals surface area contributed by atoms with Gasteiger partial charge >= 0.3 is 5.97 Å². The first kappa shape index (κ1) is 18.8. The summed E-state index contributed by atoms with van der Waals surface area (Å²) in [6, 6.07) is 11.5. The van der Waals surface area contributed by atoms with Crippen molar-refractivity contribution in [1.82, 2.24) is 0 Å². The van der Waals surface area contributed by atoms with Gasteiger partial charge in [0.2, 0.25) is 11.8 Å². The summed E-state index contributed by atoms with van der Waals surface area (Å²) < 4.78 is 5.47. The second-order valence-electron chi connectivity index (χ2n) is 9.02. The van der Waals surface area contributed by atoms with Crippen LogP contribution in [0, 0.1) is 42.4 Å². The highest BCUT2D eigenvalue weighted by Crippen LogP contribution is 2.65. The van der Waals surface area contributed by atoms with E-state index < -0.39 is 5.97 Å². The Labute approximate surface area is 184 Å². The van der Waals surface area contributed by atoms with Crippen LogP contribution in [0.2, 0.25) is 5.02 Å². The van der Waals surface area contributed by atoms with E-state index in [4.69, 9.17) is 16.3 Å². The van der Waals surface area contributed by atoms with Gasteiger partial charge in [-0.15, -0.1) is 0 Å². The number of halogens is 1. The Balaban J connectivity index is 1.28. The maximum absolute atomic E-state index is 13.3. The summed E-state index contributed by atoms with van der Waals surface area (Å²) in [6.45, 7) is 1.83. The second kappa shape index (κ2) is 6.54. The van der Waals surface area contributed by atoms with E-state index in [1.54, 1.807) is 42.5 Å². The van der Waals surface area contributed by atoms with E-state index in [2.05, 4.69) is 12.2 Å². The molecule has 0 spiro atoms. The molecule has 0 aromatic heterocycles. The molecule has 1 aliphatic heterocycles. The number of nitrogens with zero attached hydrogens (tertiary/aromatic N) is 1. The number of carbonyl (C=O) groups excluding carboxylic acids is 3. The number of carbonyl (C=O) groups is 3. The van der Waals surface area contributed by atoms with Crippen LogP contribution in [0.25, 0.3) is 0 Å². The van der Waals surface area contributed by atoms with E-state index in [0.29, 0.717) is 28.3 Å². The van der Waals surface area contributed by atoms with Crippen molar-refractivity contribution < 1.29 is 19.1 Å². The molecule has 156 valence electrons. The minimum absolute atomic E-state index is 0.140. The summed E-state index contributed by atoms with van der Waals surface area (Å²) in [5.74, 6) is 0.469. The van der Waals surface area contributed by atoms with E-state index >= 15 is 0 Å². The number of aryl methyl sites for hydroxylation is 1. The van der Waals surface area contributed by atoms with Crippen molar-refractivity contribution in [2.24, 2.45) is 35.5 Å². The smallest absolute Gasteiger partial charge is 0.343 e. The van der Waals surface area contributed by atoms with Crippen LogP contribution in [0.3, 0.4) is 0 Å². The van der Waals surface area contributed by atoms with E-state index in [9.17, 15) is 14.4 Å². The van der Waals surface area contributed by atoms with Gasteiger partial charge in [-0.2, -0.15) is 0 Å². The van der Waals surface area contributed by atoms with Gasteiger partial charge in [-0.25, -0.2) is 9.69 Å². The molecule has 0 radical (unpaired) electrons. The molecule has 5 nitrogen and oxygen atoms in total. The van der Waals surface area contributed by atoms with Crippen LogP contribution in [0.15, 0.2) is 54.6 Å². The third-order valence-corrected chi connectivity index (χ3v) is 7.77. The van der Waals surface area contributed by atoms with Crippen molar-refractivity contribution >= 4 is 35.1 Å². The van der Waals surface area contributed by atoms with Gasteiger partial charge < -0.3 is 4.74 Å². The molecule has 5 aliphatic rings. The van der Waals surface area contributed by atoms with E-state index in [0.717, 1.165) is 12.0 Å². The molecule has 6 heteroatoms. The Morgan fingerprint density at radius 1 is 1.00 bits per heavy atom. The van der Waals surface area contributed by atoms with Crippen molar-refractivity contribution in [2.75, 3.05) is 4.90 Å². The Kier molecular flexibility index (Phi) is 3.97. The molecule has 2 amide bonds. The molecule has 2 bridgehead atoms. The van der Waals surface area contributed by atoms with Crippen LogP contribution >= 0.6 is 11.6 Å². The summed E-state index contributed by atoms with van der Waals surface area (Å²) in [5.41, 5.74) is 1.52. The average Bonchev–Trinajstić information content (AvgIpc) is 3.54. The molecule has 2 aromatic carbocycles. The quantitative estimate of drug-likeness (QED) is 0.311. The number of hydrogen-bond acceptors (Lipinski definition) is 4. The largest absolute Gasteiger partial charge is 0.423 e. The number of ether oxygens (including phenoxy) is 1. The van der Waals surface area contributed by atoms with Gasteiger partial charge in [0.1, 0.15) is 5.75 Å². The number of imide groups is 1. The molecule has 7 rings (SSSR count). The van der Waals surface area contributed by atoms with E-state index in [-0.39, 0.29) is 41.0 Å². The third-order valence-electron chi connectivity index (χ3n) is 7.34. The predicted molar refractivity (Wildman–Crippen MR) is 115 cm³/mol. The van der Waals surface area contributed by atoms with Crippen LogP contribution in [0.4, 0.5) is 5.69 Å².